The van der Waals surface area contributed by atoms with Crippen molar-refractivity contribution in [3.05, 3.63) is 34.4 Å². The molecule has 0 bridgehead atoms. The highest BCUT2D eigenvalue weighted by Crippen LogP contribution is 2.56. The maximum atomic E-state index is 12.7. The standard InChI is InChI=1S/C14H22N3O4PS/c1-4-9-21-22(20,23-10-12(2)3)16-11-15-13-5-7-14(8-6-13)17(18)19/h5-8,11-12H,4,9-10H2,1-3H3,(H,15,16,20). The van der Waals surface area contributed by atoms with Crippen LogP contribution in [-0.2, 0) is 9.09 Å². The van der Waals surface area contributed by atoms with Crippen molar-refractivity contribution in [2.45, 2.75) is 27.2 Å². The summed E-state index contributed by atoms with van der Waals surface area (Å²) in [4.78, 5) is 14.2. The van der Waals surface area contributed by atoms with Gasteiger partial charge in [-0.05, 0) is 35.9 Å². The molecule has 1 aromatic carbocycles. The van der Waals surface area contributed by atoms with Gasteiger partial charge in [0.1, 0.15) is 0 Å². The zero-order valence-electron chi connectivity index (χ0n) is 13.5. The summed E-state index contributed by atoms with van der Waals surface area (Å²) >= 11 is 1.26. The lowest BCUT2D eigenvalue weighted by Gasteiger charge is -2.17. The van der Waals surface area contributed by atoms with E-state index < -0.39 is 11.6 Å². The Morgan fingerprint density at radius 3 is 2.61 bits per heavy atom. The third-order valence-corrected chi connectivity index (χ3v) is 6.74. The van der Waals surface area contributed by atoms with Crippen LogP contribution in [0.3, 0.4) is 0 Å². The Bertz CT molecular complexity index is 578. The highest BCUT2D eigenvalue weighted by atomic mass is 32.7. The molecule has 1 unspecified atom stereocenters. The van der Waals surface area contributed by atoms with E-state index in [0.717, 1.165) is 6.42 Å². The van der Waals surface area contributed by atoms with E-state index in [2.05, 4.69) is 10.1 Å². The summed E-state index contributed by atoms with van der Waals surface area (Å²) in [6, 6.07) is 5.78. The molecule has 0 spiro atoms. The molecule has 23 heavy (non-hydrogen) atoms. The monoisotopic (exact) mass is 359 g/mol. The molecule has 128 valence electrons. The van der Waals surface area contributed by atoms with Gasteiger partial charge in [-0.25, -0.2) is 4.99 Å². The van der Waals surface area contributed by atoms with Gasteiger partial charge in [-0.1, -0.05) is 20.8 Å². The molecule has 9 heteroatoms. The summed E-state index contributed by atoms with van der Waals surface area (Å²) in [6.07, 6.45) is 2.10. The first kappa shape index (κ1) is 19.7. The molecule has 1 aromatic rings. The van der Waals surface area contributed by atoms with Crippen LogP contribution in [0.2, 0.25) is 0 Å². The van der Waals surface area contributed by atoms with Crippen molar-refractivity contribution < 1.29 is 14.0 Å². The normalized spacial score (nSPS) is 14.1. The molecular formula is C14H22N3O4PS. The highest BCUT2D eigenvalue weighted by molar-refractivity contribution is 8.56. The average Bonchev–Trinajstić information content (AvgIpc) is 2.52. The molecule has 1 atom stereocenters. The maximum Gasteiger partial charge on any atom is 0.351 e. The number of nitrogens with zero attached hydrogens (tertiary/aromatic N) is 2. The third kappa shape index (κ3) is 7.63. The molecule has 0 heterocycles. The molecule has 0 radical (unpaired) electrons. The minimum absolute atomic E-state index is 0.00125. The zero-order valence-corrected chi connectivity index (χ0v) is 15.2. The summed E-state index contributed by atoms with van der Waals surface area (Å²) in [7, 11) is 0. The molecule has 0 saturated heterocycles. The Kier molecular flexibility index (Phi) is 8.30. The molecule has 1 rings (SSSR count). The molecule has 1 N–H and O–H groups in total. The maximum absolute atomic E-state index is 12.7. The average molecular weight is 359 g/mol. The van der Waals surface area contributed by atoms with E-state index in [0.29, 0.717) is 24.0 Å². The molecule has 0 amide bonds. The summed E-state index contributed by atoms with van der Waals surface area (Å²) in [5.41, 5.74) is 0.528. The SMILES string of the molecule is CCCOP(=O)(NC=Nc1ccc([N+](=O)[O-])cc1)SCC(C)C. The number of benzene rings is 1. The lowest BCUT2D eigenvalue weighted by molar-refractivity contribution is -0.384. The predicted molar refractivity (Wildman–Crippen MR) is 95.5 cm³/mol. The van der Waals surface area contributed by atoms with Gasteiger partial charge in [0.05, 0.1) is 23.6 Å². The second-order valence-electron chi connectivity index (χ2n) is 5.18. The number of nitro groups is 1. The van der Waals surface area contributed by atoms with Gasteiger partial charge in [-0.3, -0.25) is 19.8 Å². The Hall–Kier alpha value is -1.37. The fourth-order valence-corrected chi connectivity index (χ4v) is 5.04. The quantitative estimate of drug-likeness (QED) is 0.213. The van der Waals surface area contributed by atoms with Crippen LogP contribution in [0, 0.1) is 16.0 Å². The molecule has 7 nitrogen and oxygen atoms in total. The van der Waals surface area contributed by atoms with Crippen LogP contribution < -0.4 is 5.09 Å². The number of nitro benzene ring substituents is 1. The van der Waals surface area contributed by atoms with Gasteiger partial charge in [0, 0.05) is 17.9 Å². The first-order valence-corrected chi connectivity index (χ1v) is 10.5. The molecule has 0 aromatic heterocycles. The van der Waals surface area contributed by atoms with E-state index >= 15 is 0 Å². The number of hydrogen-bond donors (Lipinski definition) is 1. The van der Waals surface area contributed by atoms with Crippen molar-refractivity contribution in [1.29, 1.82) is 0 Å². The van der Waals surface area contributed by atoms with E-state index in [1.165, 1.54) is 42.0 Å². The van der Waals surface area contributed by atoms with Gasteiger partial charge < -0.3 is 4.52 Å². The van der Waals surface area contributed by atoms with Crippen LogP contribution in [0.1, 0.15) is 27.2 Å². The second kappa shape index (κ2) is 9.70. The van der Waals surface area contributed by atoms with E-state index in [-0.39, 0.29) is 5.69 Å². The minimum Gasteiger partial charge on any atom is -0.306 e. The van der Waals surface area contributed by atoms with E-state index in [4.69, 9.17) is 4.52 Å². The van der Waals surface area contributed by atoms with Crippen LogP contribution >= 0.6 is 18.1 Å². The minimum atomic E-state index is -3.04. The topological polar surface area (TPSA) is 93.8 Å². The van der Waals surface area contributed by atoms with Crippen molar-refractivity contribution in [2.24, 2.45) is 10.9 Å². The molecular weight excluding hydrogens is 337 g/mol. The Morgan fingerprint density at radius 1 is 1.43 bits per heavy atom. The predicted octanol–water partition coefficient (Wildman–Crippen LogP) is 4.77. The first-order chi connectivity index (χ1) is 10.9. The number of aliphatic imine (C=N–C) groups is 1. The van der Waals surface area contributed by atoms with Gasteiger partial charge in [-0.15, -0.1) is 0 Å². The first-order valence-electron chi connectivity index (χ1n) is 7.30. The fourth-order valence-electron chi connectivity index (χ4n) is 1.40. The van der Waals surface area contributed by atoms with Crippen molar-refractivity contribution in [3.8, 4) is 0 Å². The third-order valence-electron chi connectivity index (χ3n) is 2.53. The van der Waals surface area contributed by atoms with Crippen LogP contribution in [0.15, 0.2) is 29.3 Å². The fraction of sp³-hybridized carbons (Fsp3) is 0.500. The van der Waals surface area contributed by atoms with Crippen LogP contribution in [0.4, 0.5) is 11.4 Å². The summed E-state index contributed by atoms with van der Waals surface area (Å²) in [6.45, 7) is 3.40. The highest BCUT2D eigenvalue weighted by Gasteiger charge is 2.22. The Balaban J connectivity index is 2.68. The van der Waals surface area contributed by atoms with Gasteiger partial charge in [0.25, 0.3) is 5.69 Å². The number of rotatable bonds is 10. The Morgan fingerprint density at radius 2 is 2.09 bits per heavy atom. The van der Waals surface area contributed by atoms with E-state index in [1.54, 1.807) is 0 Å². The molecule has 0 aliphatic heterocycles. The van der Waals surface area contributed by atoms with Gasteiger partial charge in [0.2, 0.25) is 0 Å². The second-order valence-corrected chi connectivity index (χ2v) is 9.50. The number of nitrogens with one attached hydrogen (secondary N) is 1. The van der Waals surface area contributed by atoms with E-state index in [9.17, 15) is 14.7 Å². The number of non-ortho nitro benzene ring substituents is 1. The molecule has 0 aliphatic carbocycles. The molecule has 0 fully saturated rings. The van der Waals surface area contributed by atoms with Crippen molar-refractivity contribution in [2.75, 3.05) is 12.4 Å². The number of hydrogen-bond acceptors (Lipinski definition) is 6. The van der Waals surface area contributed by atoms with Crippen molar-refractivity contribution in [1.82, 2.24) is 5.09 Å². The summed E-state index contributed by atoms with van der Waals surface area (Å²) in [5, 5.41) is 13.3. The largest absolute Gasteiger partial charge is 0.351 e. The van der Waals surface area contributed by atoms with Crippen molar-refractivity contribution >= 4 is 35.8 Å². The van der Waals surface area contributed by atoms with E-state index in [1.807, 2.05) is 20.8 Å². The van der Waals surface area contributed by atoms with Crippen LogP contribution in [-0.4, -0.2) is 23.6 Å². The summed E-state index contributed by atoms with van der Waals surface area (Å²) in [5.74, 6) is 1.10. The molecule has 0 saturated carbocycles. The zero-order chi connectivity index (χ0) is 17.3. The van der Waals surface area contributed by atoms with Crippen LogP contribution in [0.25, 0.3) is 0 Å². The lowest BCUT2D eigenvalue weighted by atomic mass is 10.3. The lowest BCUT2D eigenvalue weighted by Crippen LogP contribution is -2.09. The smallest absolute Gasteiger partial charge is 0.306 e. The van der Waals surface area contributed by atoms with Crippen molar-refractivity contribution in [3.63, 3.8) is 0 Å². The van der Waals surface area contributed by atoms with Gasteiger partial charge in [-0.2, -0.15) is 0 Å². The van der Waals surface area contributed by atoms with Gasteiger partial charge in [0.15, 0.2) is 0 Å². The molecule has 0 aliphatic rings. The van der Waals surface area contributed by atoms with Crippen LogP contribution in [0.5, 0.6) is 0 Å². The Labute approximate surface area is 140 Å². The van der Waals surface area contributed by atoms with Gasteiger partial charge >= 0.3 is 6.72 Å². The summed E-state index contributed by atoms with van der Waals surface area (Å²) < 4.78 is 18.1.